The van der Waals surface area contributed by atoms with E-state index >= 15 is 0 Å². The predicted molar refractivity (Wildman–Crippen MR) is 94.5 cm³/mol. The Bertz CT molecular complexity index is 644. The molecule has 2 aromatic rings. The third-order valence-corrected chi connectivity index (χ3v) is 3.36. The summed E-state index contributed by atoms with van der Waals surface area (Å²) in [6, 6.07) is 18.9. The van der Waals surface area contributed by atoms with Crippen LogP contribution >= 0.6 is 0 Å². The first kappa shape index (κ1) is 17.5. The average Bonchev–Trinajstić information content (AvgIpc) is 2.61. The molecule has 1 amide bonds. The van der Waals surface area contributed by atoms with Gasteiger partial charge in [0.2, 0.25) is 5.91 Å². The van der Waals surface area contributed by atoms with Gasteiger partial charge in [0.05, 0.1) is 18.0 Å². The van der Waals surface area contributed by atoms with Crippen LogP contribution < -0.4 is 10.4 Å². The minimum Gasteiger partial charge on any atom is -0.466 e. The van der Waals surface area contributed by atoms with Gasteiger partial charge >= 0.3 is 5.97 Å². The number of amides is 1. The molecule has 0 saturated heterocycles. The minimum atomic E-state index is -0.271. The number of hydrazine groups is 1. The molecule has 0 aliphatic rings. The van der Waals surface area contributed by atoms with Crippen LogP contribution in [0.1, 0.15) is 26.2 Å². The number of rotatable bonds is 8. The van der Waals surface area contributed by atoms with E-state index in [0.29, 0.717) is 13.0 Å². The lowest BCUT2D eigenvalue weighted by Crippen LogP contribution is -2.36. The van der Waals surface area contributed by atoms with Gasteiger partial charge in [-0.2, -0.15) is 0 Å². The molecule has 5 heteroatoms. The average molecular weight is 326 g/mol. The van der Waals surface area contributed by atoms with E-state index in [-0.39, 0.29) is 24.7 Å². The van der Waals surface area contributed by atoms with Gasteiger partial charge in [0.15, 0.2) is 0 Å². The van der Waals surface area contributed by atoms with Gasteiger partial charge in [0.1, 0.15) is 0 Å². The lowest BCUT2D eigenvalue weighted by atomic mass is 10.2. The summed E-state index contributed by atoms with van der Waals surface area (Å²) in [6.07, 6.45) is 0.957. The Hall–Kier alpha value is -2.82. The molecule has 0 aromatic heterocycles. The van der Waals surface area contributed by atoms with Crippen LogP contribution in [0.2, 0.25) is 0 Å². The molecular formula is C19H22N2O3. The van der Waals surface area contributed by atoms with Crippen molar-refractivity contribution in [2.24, 2.45) is 0 Å². The molecule has 0 saturated carbocycles. The first-order valence-corrected chi connectivity index (χ1v) is 8.06. The van der Waals surface area contributed by atoms with Crippen LogP contribution in [-0.4, -0.2) is 18.5 Å². The molecule has 0 atom stereocenters. The quantitative estimate of drug-likeness (QED) is 0.592. The lowest BCUT2D eigenvalue weighted by molar-refractivity contribution is -0.143. The standard InChI is InChI=1S/C19H22N2O3/c1-2-24-19(23)15-9-14-18(22)21(17-12-7-4-8-13-17)20-16-10-5-3-6-11-16/h3-8,10-13,20H,2,9,14-15H2,1H3. The molecule has 0 bridgehead atoms. The van der Waals surface area contributed by atoms with Gasteiger partial charge in [-0.3, -0.25) is 15.0 Å². The normalized spacial score (nSPS) is 10.0. The fraction of sp³-hybridized carbons (Fsp3) is 0.263. The number of nitrogens with one attached hydrogen (secondary N) is 1. The van der Waals surface area contributed by atoms with Crippen LogP contribution in [0.3, 0.4) is 0 Å². The van der Waals surface area contributed by atoms with E-state index < -0.39 is 0 Å². The molecule has 0 unspecified atom stereocenters. The van der Waals surface area contributed by atoms with Crippen molar-refractivity contribution in [2.75, 3.05) is 17.0 Å². The fourth-order valence-electron chi connectivity index (χ4n) is 2.22. The highest BCUT2D eigenvalue weighted by Crippen LogP contribution is 2.18. The highest BCUT2D eigenvalue weighted by molar-refractivity contribution is 5.95. The molecule has 0 fully saturated rings. The summed E-state index contributed by atoms with van der Waals surface area (Å²) in [5, 5.41) is 1.51. The van der Waals surface area contributed by atoms with Gasteiger partial charge in [0.25, 0.3) is 0 Å². The number of nitrogens with zero attached hydrogens (tertiary/aromatic N) is 1. The molecule has 1 N–H and O–H groups in total. The Labute approximate surface area is 142 Å². The van der Waals surface area contributed by atoms with E-state index in [1.54, 1.807) is 6.92 Å². The molecule has 126 valence electrons. The smallest absolute Gasteiger partial charge is 0.305 e. The largest absolute Gasteiger partial charge is 0.466 e. The fourth-order valence-corrected chi connectivity index (χ4v) is 2.22. The third kappa shape index (κ3) is 5.43. The Morgan fingerprint density at radius 1 is 0.958 bits per heavy atom. The van der Waals surface area contributed by atoms with E-state index in [1.807, 2.05) is 60.7 Å². The maximum atomic E-state index is 12.6. The number of esters is 1. The number of hydrogen-bond donors (Lipinski definition) is 1. The van der Waals surface area contributed by atoms with Crippen molar-refractivity contribution in [3.8, 4) is 0 Å². The summed E-state index contributed by atoms with van der Waals surface area (Å²) in [4.78, 5) is 24.0. The van der Waals surface area contributed by atoms with Crippen molar-refractivity contribution in [3.05, 3.63) is 60.7 Å². The second-order valence-corrected chi connectivity index (χ2v) is 5.20. The van der Waals surface area contributed by atoms with Crippen LogP contribution in [-0.2, 0) is 14.3 Å². The molecule has 2 rings (SSSR count). The van der Waals surface area contributed by atoms with Gasteiger partial charge in [-0.1, -0.05) is 36.4 Å². The summed E-state index contributed by atoms with van der Waals surface area (Å²) < 4.78 is 4.88. The molecule has 0 radical (unpaired) electrons. The Morgan fingerprint density at radius 2 is 1.58 bits per heavy atom. The van der Waals surface area contributed by atoms with E-state index in [2.05, 4.69) is 5.43 Å². The van der Waals surface area contributed by atoms with Crippen LogP contribution in [0.15, 0.2) is 60.7 Å². The van der Waals surface area contributed by atoms with Gasteiger partial charge < -0.3 is 4.74 Å². The van der Waals surface area contributed by atoms with Crippen molar-refractivity contribution >= 4 is 23.3 Å². The molecule has 24 heavy (non-hydrogen) atoms. The summed E-state index contributed by atoms with van der Waals surface area (Å²) >= 11 is 0. The van der Waals surface area contributed by atoms with Crippen molar-refractivity contribution in [1.29, 1.82) is 0 Å². The van der Waals surface area contributed by atoms with Crippen molar-refractivity contribution in [1.82, 2.24) is 0 Å². The summed E-state index contributed by atoms with van der Waals surface area (Å²) in [5.41, 5.74) is 4.70. The number of carbonyl (C=O) groups excluding carboxylic acids is 2. The maximum absolute atomic E-state index is 12.6. The van der Waals surface area contributed by atoms with E-state index in [0.717, 1.165) is 11.4 Å². The molecule has 5 nitrogen and oxygen atoms in total. The van der Waals surface area contributed by atoms with E-state index in [1.165, 1.54) is 5.01 Å². The van der Waals surface area contributed by atoms with Crippen LogP contribution in [0.25, 0.3) is 0 Å². The number of benzene rings is 2. The van der Waals surface area contributed by atoms with Crippen molar-refractivity contribution < 1.29 is 14.3 Å². The molecule has 2 aromatic carbocycles. The first-order valence-electron chi connectivity index (χ1n) is 8.06. The minimum absolute atomic E-state index is 0.102. The number of ether oxygens (including phenoxy) is 1. The van der Waals surface area contributed by atoms with Gasteiger partial charge in [-0.25, -0.2) is 5.01 Å². The van der Waals surface area contributed by atoms with Crippen LogP contribution in [0.4, 0.5) is 11.4 Å². The Balaban J connectivity index is 2.02. The van der Waals surface area contributed by atoms with E-state index in [4.69, 9.17) is 4.74 Å². The topological polar surface area (TPSA) is 58.6 Å². The number of carbonyl (C=O) groups is 2. The monoisotopic (exact) mass is 326 g/mol. The molecule has 0 aliphatic carbocycles. The predicted octanol–water partition coefficient (Wildman–Crippen LogP) is 3.78. The second-order valence-electron chi connectivity index (χ2n) is 5.20. The van der Waals surface area contributed by atoms with Gasteiger partial charge in [0, 0.05) is 12.8 Å². The van der Waals surface area contributed by atoms with E-state index in [9.17, 15) is 9.59 Å². The first-order chi connectivity index (χ1) is 11.7. The maximum Gasteiger partial charge on any atom is 0.305 e. The van der Waals surface area contributed by atoms with Crippen molar-refractivity contribution in [2.45, 2.75) is 26.2 Å². The molecular weight excluding hydrogens is 304 g/mol. The number of para-hydroxylation sites is 2. The molecule has 0 spiro atoms. The highest BCUT2D eigenvalue weighted by Gasteiger charge is 2.16. The molecule has 0 aliphatic heterocycles. The Morgan fingerprint density at radius 3 is 2.21 bits per heavy atom. The SMILES string of the molecule is CCOC(=O)CCCC(=O)N(Nc1ccccc1)c1ccccc1. The van der Waals surface area contributed by atoms with Gasteiger partial charge in [-0.05, 0) is 37.6 Å². The highest BCUT2D eigenvalue weighted by atomic mass is 16.5. The number of anilines is 2. The number of hydrogen-bond acceptors (Lipinski definition) is 4. The third-order valence-electron chi connectivity index (χ3n) is 3.36. The summed E-state index contributed by atoms with van der Waals surface area (Å²) in [6.45, 7) is 2.13. The zero-order valence-corrected chi connectivity index (χ0v) is 13.8. The molecule has 0 heterocycles. The van der Waals surface area contributed by atoms with Crippen LogP contribution in [0.5, 0.6) is 0 Å². The Kier molecular flexibility index (Phi) is 6.83. The van der Waals surface area contributed by atoms with Crippen molar-refractivity contribution in [3.63, 3.8) is 0 Å². The second kappa shape index (κ2) is 9.35. The zero-order valence-electron chi connectivity index (χ0n) is 13.8. The van der Waals surface area contributed by atoms with Crippen LogP contribution in [0, 0.1) is 0 Å². The summed E-state index contributed by atoms with van der Waals surface area (Å²) in [5.74, 6) is -0.373. The lowest BCUT2D eigenvalue weighted by Gasteiger charge is -2.24. The van der Waals surface area contributed by atoms with Gasteiger partial charge in [-0.15, -0.1) is 0 Å². The summed E-state index contributed by atoms with van der Waals surface area (Å²) in [7, 11) is 0. The zero-order chi connectivity index (χ0) is 17.2.